The molecule has 0 aromatic heterocycles. The highest BCUT2D eigenvalue weighted by atomic mass is 35.5. The molecule has 0 aliphatic carbocycles. The van der Waals surface area contributed by atoms with E-state index in [2.05, 4.69) is 45.9 Å². The maximum absolute atomic E-state index is 12.5. The number of benzene rings is 1. The Morgan fingerprint density at radius 1 is 1.08 bits per heavy atom. The van der Waals surface area contributed by atoms with E-state index in [1.807, 2.05) is 0 Å². The summed E-state index contributed by atoms with van der Waals surface area (Å²) in [5.74, 6) is 0.460. The molecule has 3 saturated heterocycles. The zero-order valence-electron chi connectivity index (χ0n) is 15.2. The second-order valence-electron chi connectivity index (χ2n) is 7.76. The fourth-order valence-electron chi connectivity index (χ4n) is 4.84. The second kappa shape index (κ2) is 9.93. The van der Waals surface area contributed by atoms with E-state index in [-0.39, 0.29) is 36.6 Å². The number of hydrogen-bond donors (Lipinski definition) is 2. The third kappa shape index (κ3) is 4.92. The van der Waals surface area contributed by atoms with E-state index in [0.717, 1.165) is 45.3 Å². The van der Waals surface area contributed by atoms with Crippen molar-refractivity contribution < 1.29 is 4.79 Å². The van der Waals surface area contributed by atoms with Crippen LogP contribution in [0.15, 0.2) is 30.3 Å². The Hall–Kier alpha value is -0.810. The van der Waals surface area contributed by atoms with E-state index in [1.165, 1.54) is 18.4 Å². The van der Waals surface area contributed by atoms with Gasteiger partial charge in [0.05, 0.1) is 5.92 Å². The van der Waals surface area contributed by atoms with Gasteiger partial charge in [-0.15, -0.1) is 24.8 Å². The Morgan fingerprint density at radius 3 is 2.38 bits per heavy atom. The first-order chi connectivity index (χ1) is 11.8. The predicted molar refractivity (Wildman–Crippen MR) is 110 cm³/mol. The van der Waals surface area contributed by atoms with Gasteiger partial charge >= 0.3 is 0 Å². The van der Waals surface area contributed by atoms with E-state index < -0.39 is 0 Å². The standard InChI is InChI=1S/C20H29N3O.2ClH/c24-20(16-7-4-10-21-13-16)22-17-11-18-8-9-19(12-17)23(18)14-15-5-2-1-3-6-15;;/h1-3,5-6,16-19,21H,4,7-14H2,(H,22,24);2*1H. The Bertz CT molecular complexity index is 551. The van der Waals surface area contributed by atoms with Crippen molar-refractivity contribution >= 4 is 30.7 Å². The van der Waals surface area contributed by atoms with Gasteiger partial charge in [-0.05, 0) is 50.6 Å². The number of hydrogen-bond acceptors (Lipinski definition) is 3. The van der Waals surface area contributed by atoms with Gasteiger partial charge in [0.1, 0.15) is 0 Å². The molecule has 3 aliphatic rings. The van der Waals surface area contributed by atoms with Crippen LogP contribution in [0.1, 0.15) is 44.1 Å². The summed E-state index contributed by atoms with van der Waals surface area (Å²) < 4.78 is 0. The molecule has 4 nitrogen and oxygen atoms in total. The number of carbonyl (C=O) groups excluding carboxylic acids is 1. The summed E-state index contributed by atoms with van der Waals surface area (Å²) in [5.41, 5.74) is 1.41. The molecule has 6 heteroatoms. The third-order valence-electron chi connectivity index (χ3n) is 6.11. The summed E-state index contributed by atoms with van der Waals surface area (Å²) in [7, 11) is 0. The number of nitrogens with one attached hydrogen (secondary N) is 2. The molecule has 3 unspecified atom stereocenters. The van der Waals surface area contributed by atoms with Gasteiger partial charge < -0.3 is 10.6 Å². The first kappa shape index (κ1) is 21.5. The lowest BCUT2D eigenvalue weighted by Gasteiger charge is -2.39. The Morgan fingerprint density at radius 2 is 1.77 bits per heavy atom. The summed E-state index contributed by atoms with van der Waals surface area (Å²) in [4.78, 5) is 15.2. The molecular formula is C20H31Cl2N3O. The van der Waals surface area contributed by atoms with E-state index >= 15 is 0 Å². The molecular weight excluding hydrogens is 369 g/mol. The molecule has 4 rings (SSSR count). The minimum Gasteiger partial charge on any atom is -0.353 e. The van der Waals surface area contributed by atoms with Crippen LogP contribution in [0.25, 0.3) is 0 Å². The van der Waals surface area contributed by atoms with Crippen LogP contribution in [0, 0.1) is 5.92 Å². The van der Waals surface area contributed by atoms with Crippen molar-refractivity contribution in [2.75, 3.05) is 13.1 Å². The summed E-state index contributed by atoms with van der Waals surface area (Å²) in [5, 5.41) is 6.72. The van der Waals surface area contributed by atoms with Gasteiger partial charge in [-0.25, -0.2) is 0 Å². The van der Waals surface area contributed by atoms with Gasteiger partial charge in [-0.2, -0.15) is 0 Å². The molecule has 26 heavy (non-hydrogen) atoms. The van der Waals surface area contributed by atoms with E-state index in [0.29, 0.717) is 18.1 Å². The van der Waals surface area contributed by atoms with Crippen LogP contribution in [0.4, 0.5) is 0 Å². The number of carbonyl (C=O) groups is 1. The predicted octanol–water partition coefficient (Wildman–Crippen LogP) is 3.14. The maximum atomic E-state index is 12.5. The smallest absolute Gasteiger partial charge is 0.224 e. The highest BCUT2D eigenvalue weighted by molar-refractivity contribution is 5.85. The van der Waals surface area contributed by atoms with Crippen molar-refractivity contribution in [3.05, 3.63) is 35.9 Å². The summed E-state index contributed by atoms with van der Waals surface area (Å²) in [6, 6.07) is 12.4. The molecule has 1 amide bonds. The average molecular weight is 400 g/mol. The highest BCUT2D eigenvalue weighted by Crippen LogP contribution is 2.37. The van der Waals surface area contributed by atoms with Gasteiger partial charge in [0, 0.05) is 31.2 Å². The van der Waals surface area contributed by atoms with E-state index in [4.69, 9.17) is 0 Å². The van der Waals surface area contributed by atoms with Crippen molar-refractivity contribution in [3.8, 4) is 0 Å². The Kier molecular flexibility index (Phi) is 8.21. The molecule has 1 aromatic rings. The molecule has 3 heterocycles. The molecule has 146 valence electrons. The monoisotopic (exact) mass is 399 g/mol. The van der Waals surface area contributed by atoms with Crippen molar-refractivity contribution in [2.45, 2.75) is 63.2 Å². The molecule has 3 aliphatic heterocycles. The normalized spacial score (nSPS) is 30.8. The Labute approximate surface area is 169 Å². The lowest BCUT2D eigenvalue weighted by atomic mass is 9.94. The molecule has 0 saturated carbocycles. The minimum atomic E-state index is 0. The van der Waals surface area contributed by atoms with Gasteiger partial charge in [0.2, 0.25) is 5.91 Å². The van der Waals surface area contributed by atoms with Crippen molar-refractivity contribution in [1.82, 2.24) is 15.5 Å². The summed E-state index contributed by atoms with van der Waals surface area (Å²) in [6.07, 6.45) is 6.98. The molecule has 1 aromatic carbocycles. The number of rotatable bonds is 4. The van der Waals surface area contributed by atoms with Crippen LogP contribution < -0.4 is 10.6 Å². The van der Waals surface area contributed by atoms with Crippen LogP contribution in [-0.2, 0) is 11.3 Å². The zero-order valence-corrected chi connectivity index (χ0v) is 16.9. The van der Waals surface area contributed by atoms with Crippen LogP contribution in [0.5, 0.6) is 0 Å². The van der Waals surface area contributed by atoms with Gasteiger partial charge in [-0.1, -0.05) is 30.3 Å². The summed E-state index contributed by atoms with van der Waals surface area (Å²) in [6.45, 7) is 2.97. The maximum Gasteiger partial charge on any atom is 0.224 e. The Balaban J connectivity index is 0.00000121. The number of fused-ring (bicyclic) bond motifs is 2. The first-order valence-corrected chi connectivity index (χ1v) is 9.60. The van der Waals surface area contributed by atoms with Crippen LogP contribution in [0.2, 0.25) is 0 Å². The SMILES string of the molecule is Cl.Cl.O=C(NC1CC2CCC(C1)N2Cc1ccccc1)C1CCCNC1. The third-order valence-corrected chi connectivity index (χ3v) is 6.11. The lowest BCUT2D eigenvalue weighted by molar-refractivity contribution is -0.126. The van der Waals surface area contributed by atoms with Gasteiger partial charge in [0.25, 0.3) is 0 Å². The fourth-order valence-corrected chi connectivity index (χ4v) is 4.84. The van der Waals surface area contributed by atoms with Gasteiger partial charge in [0.15, 0.2) is 0 Å². The van der Waals surface area contributed by atoms with Crippen LogP contribution >= 0.6 is 24.8 Å². The van der Waals surface area contributed by atoms with E-state index in [9.17, 15) is 4.79 Å². The molecule has 3 fully saturated rings. The topological polar surface area (TPSA) is 44.4 Å². The van der Waals surface area contributed by atoms with Gasteiger partial charge in [-0.3, -0.25) is 9.69 Å². The minimum absolute atomic E-state index is 0. The molecule has 2 N–H and O–H groups in total. The van der Waals surface area contributed by atoms with E-state index in [1.54, 1.807) is 0 Å². The lowest BCUT2D eigenvalue weighted by Crippen LogP contribution is -2.52. The number of amides is 1. The largest absolute Gasteiger partial charge is 0.353 e. The van der Waals surface area contributed by atoms with Crippen LogP contribution in [-0.4, -0.2) is 42.0 Å². The molecule has 0 radical (unpaired) electrons. The first-order valence-electron chi connectivity index (χ1n) is 9.60. The molecule has 2 bridgehead atoms. The number of halogens is 2. The molecule has 3 atom stereocenters. The van der Waals surface area contributed by atoms with Crippen molar-refractivity contribution in [1.29, 1.82) is 0 Å². The summed E-state index contributed by atoms with van der Waals surface area (Å²) >= 11 is 0. The highest BCUT2D eigenvalue weighted by Gasteiger charge is 2.41. The number of nitrogens with zero attached hydrogens (tertiary/aromatic N) is 1. The molecule has 0 spiro atoms. The van der Waals surface area contributed by atoms with Crippen molar-refractivity contribution in [2.24, 2.45) is 5.92 Å². The number of piperidine rings is 2. The average Bonchev–Trinajstić information content (AvgIpc) is 2.86. The van der Waals surface area contributed by atoms with Crippen molar-refractivity contribution in [3.63, 3.8) is 0 Å². The second-order valence-corrected chi connectivity index (χ2v) is 7.76. The quantitative estimate of drug-likeness (QED) is 0.816. The van der Waals surface area contributed by atoms with Crippen LogP contribution in [0.3, 0.4) is 0 Å². The fraction of sp³-hybridized carbons (Fsp3) is 0.650. The zero-order chi connectivity index (χ0) is 16.4.